The van der Waals surface area contributed by atoms with Crippen LogP contribution in [0.5, 0.6) is 0 Å². The first-order chi connectivity index (χ1) is 3.62. The molecule has 0 aromatic heterocycles. The van der Waals surface area contributed by atoms with Crippen LogP contribution in [0, 0.1) is 0 Å². The molecule has 9 heavy (non-hydrogen) atoms. The van der Waals surface area contributed by atoms with E-state index in [0.717, 1.165) is 0 Å². The average Bonchev–Trinajstić information content (AvgIpc) is 1.67. The van der Waals surface area contributed by atoms with Gasteiger partial charge in [-0.2, -0.15) is 0 Å². The first-order valence-corrected chi connectivity index (χ1v) is 4.29. The van der Waals surface area contributed by atoms with E-state index in [-0.39, 0.29) is 29.8 Å². The van der Waals surface area contributed by atoms with Crippen molar-refractivity contribution in [3.8, 4) is 0 Å². The fourth-order valence-electron chi connectivity index (χ4n) is 0.288. The molecule has 0 aliphatic rings. The number of hydrogen-bond acceptors (Lipinski definition) is 3. The average molecular weight is 192 g/mol. The Labute approximate surface area is 65.8 Å². The molecule has 0 saturated heterocycles. The van der Waals surface area contributed by atoms with Crippen LogP contribution >= 0.6 is 7.60 Å². The van der Waals surface area contributed by atoms with Gasteiger partial charge in [0.25, 0.3) is 0 Å². The minimum Gasteiger partial charge on any atom is -0.779 e. The van der Waals surface area contributed by atoms with Gasteiger partial charge in [-0.15, -0.1) is 0 Å². The van der Waals surface area contributed by atoms with Gasteiger partial charge in [0.2, 0.25) is 0 Å². The smallest absolute Gasteiger partial charge is 0.779 e. The molecule has 0 bridgehead atoms. The first-order valence-electron chi connectivity index (χ1n) is 2.57. The summed E-state index contributed by atoms with van der Waals surface area (Å²) in [5, 5.41) is 0. The molecule has 0 saturated carbocycles. The van der Waals surface area contributed by atoms with Crippen molar-refractivity contribution < 1.29 is 31.1 Å². The monoisotopic (exact) mass is 192 g/mol. The van der Waals surface area contributed by atoms with Crippen LogP contribution in [0.15, 0.2) is 0 Å². The Morgan fingerprint density at radius 3 is 2.11 bits per heavy atom. The van der Waals surface area contributed by atoms with E-state index >= 15 is 0 Å². The van der Waals surface area contributed by atoms with Gasteiger partial charge in [0.15, 0.2) is 0 Å². The molecule has 1 radical (unpaired) electrons. The van der Waals surface area contributed by atoms with Gasteiger partial charge in [-0.1, -0.05) is 6.92 Å². The Hall–Kier alpha value is 0.669. The third-order valence-corrected chi connectivity index (χ3v) is 2.14. The van der Waals surface area contributed by atoms with Crippen LogP contribution in [-0.4, -0.2) is 12.8 Å². The molecular weight excluding hydrogens is 182 g/mol. The predicted molar refractivity (Wildman–Crippen MR) is 29.8 cm³/mol. The second-order valence-corrected chi connectivity index (χ2v) is 3.46. The summed E-state index contributed by atoms with van der Waals surface area (Å²) >= 11 is 0. The zero-order chi connectivity index (χ0) is 6.62. The minimum atomic E-state index is -3.42. The molecule has 0 aliphatic heterocycles. The van der Waals surface area contributed by atoms with E-state index in [0.29, 0.717) is 0 Å². The van der Waals surface area contributed by atoms with Crippen LogP contribution in [0.2, 0.25) is 0 Å². The molecule has 3 nitrogen and oxygen atoms in total. The van der Waals surface area contributed by atoms with Crippen molar-refractivity contribution in [1.82, 2.24) is 0 Å². The summed E-state index contributed by atoms with van der Waals surface area (Å²) in [6, 6.07) is 0. The molecule has 1 atom stereocenters. The maximum Gasteiger partial charge on any atom is 2.00 e. The Morgan fingerprint density at radius 2 is 2.00 bits per heavy atom. The van der Waals surface area contributed by atoms with Gasteiger partial charge >= 0.3 is 17.1 Å². The fraction of sp³-hybridized carbons (Fsp3) is 1.00. The Balaban J connectivity index is 0. The second kappa shape index (κ2) is 5.45. The zero-order valence-corrected chi connectivity index (χ0v) is 7.54. The normalized spacial score (nSPS) is 15.9. The minimum absolute atomic E-state index is 0. The van der Waals surface area contributed by atoms with E-state index in [4.69, 9.17) is 0 Å². The van der Waals surface area contributed by atoms with Crippen molar-refractivity contribution in [3.05, 3.63) is 0 Å². The molecule has 0 aromatic carbocycles. The molecule has 1 unspecified atom stereocenters. The third-order valence-electron chi connectivity index (χ3n) is 0.713. The summed E-state index contributed by atoms with van der Waals surface area (Å²) in [6.07, 6.45) is 0.0842. The summed E-state index contributed by atoms with van der Waals surface area (Å²) in [5.41, 5.74) is 0. The topological polar surface area (TPSA) is 49.4 Å². The van der Waals surface area contributed by atoms with Crippen LogP contribution < -0.4 is 4.89 Å². The number of hydrogen-bond donors (Lipinski definition) is 0. The molecule has 55 valence electrons. The molecule has 0 N–H and O–H groups in total. The van der Waals surface area contributed by atoms with Crippen LogP contribution in [0.4, 0.5) is 0 Å². The molecule has 0 rings (SSSR count). The standard InChI is InChI=1S/C4H11O3P.Mn/c1-3-7-8(5,6)4-2;/h3-4H2,1-2H3,(H,5,6);/q;+2/p-1. The van der Waals surface area contributed by atoms with Crippen molar-refractivity contribution >= 4 is 7.60 Å². The van der Waals surface area contributed by atoms with Crippen molar-refractivity contribution in [2.45, 2.75) is 13.8 Å². The van der Waals surface area contributed by atoms with Gasteiger partial charge < -0.3 is 14.0 Å². The molecule has 0 heterocycles. The fourth-order valence-corrected chi connectivity index (χ4v) is 0.864. The molecule has 0 aromatic rings. The summed E-state index contributed by atoms with van der Waals surface area (Å²) in [5.74, 6) is 0. The van der Waals surface area contributed by atoms with E-state index in [1.165, 1.54) is 0 Å². The largest absolute Gasteiger partial charge is 2.00 e. The molecule has 0 fully saturated rings. The summed E-state index contributed by atoms with van der Waals surface area (Å²) in [7, 11) is -3.42. The third kappa shape index (κ3) is 6.56. The maximum atomic E-state index is 10.4. The first kappa shape index (κ1) is 12.4. The van der Waals surface area contributed by atoms with Gasteiger partial charge in [-0.25, -0.2) is 0 Å². The van der Waals surface area contributed by atoms with Gasteiger partial charge in [0.05, 0.1) is 6.61 Å². The predicted octanol–water partition coefficient (Wildman–Crippen LogP) is 0.594. The molecule has 0 aliphatic carbocycles. The Kier molecular flexibility index (Phi) is 7.49. The van der Waals surface area contributed by atoms with Crippen molar-refractivity contribution in [2.24, 2.45) is 0 Å². The van der Waals surface area contributed by atoms with Crippen molar-refractivity contribution in [3.63, 3.8) is 0 Å². The quantitative estimate of drug-likeness (QED) is 0.485. The second-order valence-electron chi connectivity index (χ2n) is 1.34. The Morgan fingerprint density at radius 1 is 1.56 bits per heavy atom. The zero-order valence-electron chi connectivity index (χ0n) is 5.46. The number of rotatable bonds is 3. The van der Waals surface area contributed by atoms with Gasteiger partial charge in [0.1, 0.15) is 7.60 Å². The van der Waals surface area contributed by atoms with E-state index in [1.54, 1.807) is 13.8 Å². The van der Waals surface area contributed by atoms with Crippen molar-refractivity contribution in [2.75, 3.05) is 12.8 Å². The molecule has 0 spiro atoms. The van der Waals surface area contributed by atoms with Crippen LogP contribution in [-0.2, 0) is 26.2 Å². The van der Waals surface area contributed by atoms with Gasteiger partial charge in [0, 0.05) is 6.16 Å². The van der Waals surface area contributed by atoms with E-state index in [9.17, 15) is 9.46 Å². The SMILES string of the molecule is CCOP(=O)([O-])CC.[Mn+2]. The molecular formula is C4H10MnO3P+. The van der Waals surface area contributed by atoms with Gasteiger partial charge in [-0.05, 0) is 6.92 Å². The molecule has 5 heteroatoms. The summed E-state index contributed by atoms with van der Waals surface area (Å²) < 4.78 is 14.8. The van der Waals surface area contributed by atoms with Crippen molar-refractivity contribution in [1.29, 1.82) is 0 Å². The molecule has 0 amide bonds. The Bertz CT molecular complexity index is 106. The maximum absolute atomic E-state index is 10.4. The summed E-state index contributed by atoms with van der Waals surface area (Å²) in [6.45, 7) is 3.46. The van der Waals surface area contributed by atoms with E-state index < -0.39 is 7.60 Å². The van der Waals surface area contributed by atoms with E-state index in [1.807, 2.05) is 0 Å². The van der Waals surface area contributed by atoms with Crippen LogP contribution in [0.1, 0.15) is 13.8 Å². The van der Waals surface area contributed by atoms with E-state index in [2.05, 4.69) is 4.52 Å². The van der Waals surface area contributed by atoms with Gasteiger partial charge in [-0.3, -0.25) is 0 Å². The summed E-state index contributed by atoms with van der Waals surface area (Å²) in [4.78, 5) is 10.4. The van der Waals surface area contributed by atoms with Crippen LogP contribution in [0.3, 0.4) is 0 Å². The van der Waals surface area contributed by atoms with Crippen LogP contribution in [0.25, 0.3) is 0 Å².